The van der Waals surface area contributed by atoms with Gasteiger partial charge in [-0.3, -0.25) is 9.69 Å². The Morgan fingerprint density at radius 2 is 1.90 bits per heavy atom. The van der Waals surface area contributed by atoms with Crippen LogP contribution in [0, 0.1) is 0 Å². The number of likely N-dealkylation sites (N-methyl/N-ethyl adjacent to an activating group) is 1. The summed E-state index contributed by atoms with van der Waals surface area (Å²) in [6, 6.07) is 7.70. The van der Waals surface area contributed by atoms with Crippen LogP contribution in [0.2, 0.25) is 0 Å². The Morgan fingerprint density at radius 1 is 1.17 bits per heavy atom. The lowest BCUT2D eigenvalue weighted by molar-refractivity contribution is -0.139. The molecule has 1 aromatic heterocycles. The second-order valence-corrected chi connectivity index (χ2v) is 7.41. The molecule has 1 aromatic carbocycles. The van der Waals surface area contributed by atoms with Crippen LogP contribution in [-0.4, -0.2) is 42.4 Å². The number of thiophene rings is 1. The zero-order chi connectivity index (χ0) is 21.7. The summed E-state index contributed by atoms with van der Waals surface area (Å²) in [7, 11) is 0. The molecular weight excluding hydrogens is 404 g/mol. The molecule has 2 heterocycles. The summed E-state index contributed by atoms with van der Waals surface area (Å²) >= 11 is 1.48. The van der Waals surface area contributed by atoms with Crippen molar-refractivity contribution < 1.29 is 23.9 Å². The van der Waals surface area contributed by atoms with Crippen molar-refractivity contribution in [3.63, 3.8) is 0 Å². The highest BCUT2D eigenvalue weighted by molar-refractivity contribution is 7.08. The molecule has 30 heavy (non-hydrogen) atoms. The number of benzene rings is 1. The molecule has 8 heteroatoms. The van der Waals surface area contributed by atoms with Crippen molar-refractivity contribution in [3.05, 3.63) is 63.5 Å². The average molecular weight is 429 g/mol. The van der Waals surface area contributed by atoms with Gasteiger partial charge in [0.05, 0.1) is 23.9 Å². The van der Waals surface area contributed by atoms with Crippen molar-refractivity contribution in [2.75, 3.05) is 19.8 Å². The predicted octanol–water partition coefficient (Wildman–Crippen LogP) is 3.93. The fraction of sp³-hybridized carbons (Fsp3) is 0.318. The van der Waals surface area contributed by atoms with E-state index in [0.717, 1.165) is 5.56 Å². The number of urea groups is 1. The van der Waals surface area contributed by atoms with Crippen molar-refractivity contribution >= 4 is 29.1 Å². The Bertz CT molecular complexity index is 950. The first kappa shape index (κ1) is 21.6. The Morgan fingerprint density at radius 3 is 2.47 bits per heavy atom. The number of esters is 1. The molecule has 1 aliphatic heterocycles. The number of hydrogen-bond acceptors (Lipinski definition) is 6. The van der Waals surface area contributed by atoms with E-state index in [1.807, 2.05) is 23.8 Å². The van der Waals surface area contributed by atoms with Gasteiger partial charge >= 0.3 is 12.0 Å². The van der Waals surface area contributed by atoms with E-state index in [2.05, 4.69) is 5.32 Å². The second-order valence-electron chi connectivity index (χ2n) is 6.63. The molecule has 0 saturated heterocycles. The lowest BCUT2D eigenvalue weighted by Crippen LogP contribution is -2.49. The third-order valence-corrected chi connectivity index (χ3v) is 5.46. The van der Waals surface area contributed by atoms with Gasteiger partial charge in [0.2, 0.25) is 0 Å². The van der Waals surface area contributed by atoms with E-state index < -0.39 is 12.0 Å². The summed E-state index contributed by atoms with van der Waals surface area (Å²) in [4.78, 5) is 38.5. The van der Waals surface area contributed by atoms with E-state index in [1.165, 1.54) is 23.2 Å². The summed E-state index contributed by atoms with van der Waals surface area (Å²) in [6.45, 7) is 5.66. The van der Waals surface area contributed by atoms with E-state index in [4.69, 9.17) is 9.47 Å². The first-order valence-corrected chi connectivity index (χ1v) is 10.6. The monoisotopic (exact) mass is 428 g/mol. The SMILES string of the molecule is CCOC(=O)C1=C(COc2ccc(C(C)=O)cc2)N(CC)C(=O)N[C@H]1c1ccsc1. The largest absolute Gasteiger partial charge is 0.487 e. The summed E-state index contributed by atoms with van der Waals surface area (Å²) in [5.41, 5.74) is 2.22. The van der Waals surface area contributed by atoms with Gasteiger partial charge in [-0.1, -0.05) is 0 Å². The number of nitrogens with one attached hydrogen (secondary N) is 1. The van der Waals surface area contributed by atoms with Gasteiger partial charge in [-0.05, 0) is 67.4 Å². The molecular formula is C22H24N2O5S. The number of amides is 2. The van der Waals surface area contributed by atoms with Crippen LogP contribution in [0.3, 0.4) is 0 Å². The number of rotatable bonds is 8. The standard InChI is InChI=1S/C22H24N2O5S/c1-4-24-18(12-29-17-8-6-15(7-9-17)14(3)25)19(21(26)28-5-2)20(23-22(24)27)16-10-11-30-13-16/h6-11,13,20H,4-5,12H2,1-3H3,(H,23,27)/t20-/m0/s1. The summed E-state index contributed by atoms with van der Waals surface area (Å²) in [5.74, 6) is 0.0103. The summed E-state index contributed by atoms with van der Waals surface area (Å²) < 4.78 is 11.2. The molecule has 2 amide bonds. The summed E-state index contributed by atoms with van der Waals surface area (Å²) in [5, 5.41) is 6.68. The van der Waals surface area contributed by atoms with Crippen molar-refractivity contribution in [3.8, 4) is 5.75 Å². The van der Waals surface area contributed by atoms with Gasteiger partial charge in [-0.2, -0.15) is 11.3 Å². The van der Waals surface area contributed by atoms with Crippen LogP contribution in [0.4, 0.5) is 4.79 Å². The minimum atomic E-state index is -0.607. The zero-order valence-electron chi connectivity index (χ0n) is 17.1. The zero-order valence-corrected chi connectivity index (χ0v) is 18.0. The van der Waals surface area contributed by atoms with Crippen molar-refractivity contribution in [2.45, 2.75) is 26.8 Å². The third kappa shape index (κ3) is 4.54. The molecule has 158 valence electrons. The number of ether oxygens (including phenoxy) is 2. The molecule has 0 bridgehead atoms. The van der Waals surface area contributed by atoms with E-state index in [9.17, 15) is 14.4 Å². The van der Waals surface area contributed by atoms with Crippen molar-refractivity contribution in [2.24, 2.45) is 0 Å². The Kier molecular flexibility index (Phi) is 6.89. The van der Waals surface area contributed by atoms with Gasteiger partial charge < -0.3 is 14.8 Å². The Labute approximate surface area is 179 Å². The molecule has 1 N–H and O–H groups in total. The van der Waals surface area contributed by atoms with Crippen LogP contribution in [0.5, 0.6) is 5.75 Å². The molecule has 1 aliphatic rings. The molecule has 0 radical (unpaired) electrons. The minimum absolute atomic E-state index is 0.00939. The molecule has 2 aromatic rings. The maximum Gasteiger partial charge on any atom is 0.338 e. The van der Waals surface area contributed by atoms with Gasteiger partial charge in [0.1, 0.15) is 12.4 Å². The lowest BCUT2D eigenvalue weighted by atomic mass is 9.96. The highest BCUT2D eigenvalue weighted by Crippen LogP contribution is 2.33. The fourth-order valence-electron chi connectivity index (χ4n) is 3.27. The van der Waals surface area contributed by atoms with Crippen LogP contribution in [0.25, 0.3) is 0 Å². The molecule has 0 saturated carbocycles. The minimum Gasteiger partial charge on any atom is -0.487 e. The third-order valence-electron chi connectivity index (χ3n) is 4.76. The second kappa shape index (κ2) is 9.58. The van der Waals surface area contributed by atoms with Crippen LogP contribution in [0.1, 0.15) is 42.7 Å². The quantitative estimate of drug-likeness (QED) is 0.509. The van der Waals surface area contributed by atoms with Crippen LogP contribution >= 0.6 is 11.3 Å². The van der Waals surface area contributed by atoms with Gasteiger partial charge in [-0.25, -0.2) is 9.59 Å². The molecule has 3 rings (SSSR count). The van der Waals surface area contributed by atoms with Gasteiger partial charge in [0, 0.05) is 12.1 Å². The number of ketones is 1. The lowest BCUT2D eigenvalue weighted by Gasteiger charge is -2.35. The number of Topliss-reactive ketones (excluding diaryl/α,β-unsaturated/α-hetero) is 1. The van der Waals surface area contributed by atoms with E-state index in [0.29, 0.717) is 29.1 Å². The Balaban J connectivity index is 1.98. The first-order chi connectivity index (χ1) is 14.5. The average Bonchev–Trinajstić information content (AvgIpc) is 3.27. The van der Waals surface area contributed by atoms with Crippen LogP contribution in [0.15, 0.2) is 52.4 Å². The Hall–Kier alpha value is -3.13. The maximum absolute atomic E-state index is 12.9. The van der Waals surface area contributed by atoms with E-state index >= 15 is 0 Å². The topological polar surface area (TPSA) is 84.9 Å². The highest BCUT2D eigenvalue weighted by Gasteiger charge is 2.38. The smallest absolute Gasteiger partial charge is 0.338 e. The van der Waals surface area contributed by atoms with Crippen molar-refractivity contribution in [1.29, 1.82) is 0 Å². The predicted molar refractivity (Wildman–Crippen MR) is 114 cm³/mol. The van der Waals surface area contributed by atoms with Gasteiger partial charge in [-0.15, -0.1) is 0 Å². The van der Waals surface area contributed by atoms with E-state index in [-0.39, 0.29) is 25.0 Å². The van der Waals surface area contributed by atoms with Crippen LogP contribution in [-0.2, 0) is 9.53 Å². The van der Waals surface area contributed by atoms with Crippen molar-refractivity contribution in [1.82, 2.24) is 10.2 Å². The number of nitrogens with zero attached hydrogens (tertiary/aromatic N) is 1. The number of carbonyl (C=O) groups is 3. The molecule has 0 unspecified atom stereocenters. The van der Waals surface area contributed by atoms with Gasteiger partial charge in [0.25, 0.3) is 0 Å². The normalized spacial score (nSPS) is 16.3. The molecule has 1 atom stereocenters. The first-order valence-electron chi connectivity index (χ1n) is 9.70. The maximum atomic E-state index is 12.9. The summed E-state index contributed by atoms with van der Waals surface area (Å²) in [6.07, 6.45) is 0. The van der Waals surface area contributed by atoms with Gasteiger partial charge in [0.15, 0.2) is 5.78 Å². The molecule has 0 fully saturated rings. The molecule has 7 nitrogen and oxygen atoms in total. The van der Waals surface area contributed by atoms with Crippen LogP contribution < -0.4 is 10.1 Å². The number of carbonyl (C=O) groups excluding carboxylic acids is 3. The molecule has 0 spiro atoms. The number of hydrogen-bond donors (Lipinski definition) is 1. The van der Waals surface area contributed by atoms with E-state index in [1.54, 1.807) is 31.2 Å². The molecule has 0 aliphatic carbocycles. The fourth-order valence-corrected chi connectivity index (χ4v) is 3.96. The highest BCUT2D eigenvalue weighted by atomic mass is 32.1.